The molecular weight excluding hydrogens is 328 g/mol. The van der Waals surface area contributed by atoms with E-state index in [9.17, 15) is 22.3 Å². The van der Waals surface area contributed by atoms with Crippen molar-refractivity contribution < 1.29 is 27.0 Å². The summed E-state index contributed by atoms with van der Waals surface area (Å²) in [5, 5.41) is 9.06. The number of sulfonamides is 1. The lowest BCUT2D eigenvalue weighted by Crippen LogP contribution is -2.55. The number of nitrogens with one attached hydrogen (secondary N) is 1. The fourth-order valence-corrected chi connectivity index (χ4v) is 3.85. The first-order valence-electron chi connectivity index (χ1n) is 6.17. The van der Waals surface area contributed by atoms with Crippen LogP contribution in [-0.4, -0.2) is 32.3 Å². The average Bonchev–Trinajstić information content (AvgIpc) is 2.36. The zero-order valence-corrected chi connectivity index (χ0v) is 12.4. The van der Waals surface area contributed by atoms with Gasteiger partial charge in [0.1, 0.15) is 5.75 Å². The van der Waals surface area contributed by atoms with Gasteiger partial charge in [0.15, 0.2) is 0 Å². The van der Waals surface area contributed by atoms with Crippen LogP contribution in [0.4, 0.5) is 8.78 Å². The molecule has 0 unspecified atom stereocenters. The lowest BCUT2D eigenvalue weighted by molar-refractivity contribution is -0.0498. The minimum atomic E-state index is -3.90. The van der Waals surface area contributed by atoms with Gasteiger partial charge in [0, 0.05) is 0 Å². The molecule has 1 aromatic carbocycles. The van der Waals surface area contributed by atoms with Crippen LogP contribution in [0.5, 0.6) is 5.75 Å². The standard InChI is InChI=1S/C12H14ClF2NO4S/c13-9-6-8(2-3-10(9)20-11(14)15)21(18,19)16-12(7-17)4-1-5-12/h2-3,6,11,16-17H,1,4-5,7H2. The van der Waals surface area contributed by atoms with Gasteiger partial charge in [-0.2, -0.15) is 8.78 Å². The molecule has 0 heterocycles. The summed E-state index contributed by atoms with van der Waals surface area (Å²) >= 11 is 5.73. The Balaban J connectivity index is 2.22. The molecule has 0 aliphatic heterocycles. The van der Waals surface area contributed by atoms with Crippen LogP contribution in [0.15, 0.2) is 23.1 Å². The number of halogens is 3. The van der Waals surface area contributed by atoms with Gasteiger partial charge in [-0.3, -0.25) is 0 Å². The summed E-state index contributed by atoms with van der Waals surface area (Å²) in [5.74, 6) is -0.300. The van der Waals surface area contributed by atoms with E-state index in [0.29, 0.717) is 12.8 Å². The maximum atomic E-state index is 12.2. The van der Waals surface area contributed by atoms with Crippen LogP contribution in [0.25, 0.3) is 0 Å². The minimum absolute atomic E-state index is 0.172. The van der Waals surface area contributed by atoms with E-state index in [4.69, 9.17) is 11.6 Å². The van der Waals surface area contributed by atoms with E-state index in [1.165, 1.54) is 0 Å². The van der Waals surface area contributed by atoms with E-state index < -0.39 is 22.2 Å². The topological polar surface area (TPSA) is 75.6 Å². The number of benzene rings is 1. The van der Waals surface area contributed by atoms with Crippen molar-refractivity contribution in [1.82, 2.24) is 4.72 Å². The highest BCUT2D eigenvalue weighted by molar-refractivity contribution is 7.89. The Kier molecular flexibility index (Phi) is 4.72. The highest BCUT2D eigenvalue weighted by atomic mass is 35.5. The van der Waals surface area contributed by atoms with Gasteiger partial charge in [0.2, 0.25) is 10.0 Å². The molecule has 0 bridgehead atoms. The molecule has 2 rings (SSSR count). The van der Waals surface area contributed by atoms with Gasteiger partial charge in [0.25, 0.3) is 0 Å². The number of hydrogen-bond donors (Lipinski definition) is 2. The van der Waals surface area contributed by atoms with E-state index in [1.54, 1.807) is 0 Å². The van der Waals surface area contributed by atoms with Crippen LogP contribution >= 0.6 is 11.6 Å². The predicted octanol–water partition coefficient (Wildman–Crippen LogP) is 2.13. The second-order valence-electron chi connectivity index (χ2n) is 4.87. The van der Waals surface area contributed by atoms with E-state index in [-0.39, 0.29) is 22.3 Å². The smallest absolute Gasteiger partial charge is 0.387 e. The number of hydrogen-bond acceptors (Lipinski definition) is 4. The summed E-state index contributed by atoms with van der Waals surface area (Å²) in [5.41, 5.74) is -0.844. The molecule has 1 fully saturated rings. The lowest BCUT2D eigenvalue weighted by atomic mass is 9.78. The largest absolute Gasteiger partial charge is 0.433 e. The number of ether oxygens (including phenoxy) is 1. The van der Waals surface area contributed by atoms with Crippen molar-refractivity contribution in [3.05, 3.63) is 23.2 Å². The molecule has 0 aromatic heterocycles. The maximum Gasteiger partial charge on any atom is 0.387 e. The van der Waals surface area contributed by atoms with Crippen molar-refractivity contribution in [2.45, 2.75) is 36.3 Å². The summed E-state index contributed by atoms with van der Waals surface area (Å²) in [6, 6.07) is 3.22. The van der Waals surface area contributed by atoms with Crippen LogP contribution in [0.1, 0.15) is 19.3 Å². The lowest BCUT2D eigenvalue weighted by Gasteiger charge is -2.40. The molecule has 1 aliphatic rings. The average molecular weight is 342 g/mol. The molecule has 0 atom stereocenters. The molecule has 1 aromatic rings. The van der Waals surface area contributed by atoms with Crippen molar-refractivity contribution >= 4 is 21.6 Å². The van der Waals surface area contributed by atoms with Gasteiger partial charge in [-0.1, -0.05) is 11.6 Å². The predicted molar refractivity (Wildman–Crippen MR) is 72.1 cm³/mol. The zero-order chi connectivity index (χ0) is 15.7. The molecule has 5 nitrogen and oxygen atoms in total. The third-order valence-corrected chi connectivity index (χ3v) is 5.27. The van der Waals surface area contributed by atoms with Crippen LogP contribution in [0, 0.1) is 0 Å². The molecule has 118 valence electrons. The van der Waals surface area contributed by atoms with E-state index in [2.05, 4.69) is 9.46 Å². The van der Waals surface area contributed by atoms with E-state index >= 15 is 0 Å². The number of rotatable bonds is 6. The number of alkyl halides is 2. The fourth-order valence-electron chi connectivity index (χ4n) is 2.08. The monoisotopic (exact) mass is 341 g/mol. The molecule has 2 N–H and O–H groups in total. The second-order valence-corrected chi connectivity index (χ2v) is 6.96. The molecule has 0 saturated heterocycles. The summed E-state index contributed by atoms with van der Waals surface area (Å²) in [6.07, 6.45) is 1.91. The highest BCUT2D eigenvalue weighted by Gasteiger charge is 2.40. The van der Waals surface area contributed by atoms with Crippen molar-refractivity contribution in [3.8, 4) is 5.75 Å². The molecule has 21 heavy (non-hydrogen) atoms. The first-order chi connectivity index (χ1) is 9.78. The molecular formula is C12H14ClF2NO4S. The first kappa shape index (κ1) is 16.4. The van der Waals surface area contributed by atoms with Crippen molar-refractivity contribution in [1.29, 1.82) is 0 Å². The Morgan fingerprint density at radius 2 is 2.10 bits per heavy atom. The van der Waals surface area contributed by atoms with Gasteiger partial charge in [-0.15, -0.1) is 0 Å². The third-order valence-electron chi connectivity index (χ3n) is 3.39. The van der Waals surface area contributed by atoms with Crippen LogP contribution in [0.3, 0.4) is 0 Å². The highest BCUT2D eigenvalue weighted by Crippen LogP contribution is 2.34. The van der Waals surface area contributed by atoms with Crippen molar-refractivity contribution in [2.24, 2.45) is 0 Å². The Morgan fingerprint density at radius 3 is 2.52 bits per heavy atom. The minimum Gasteiger partial charge on any atom is -0.433 e. The van der Waals surface area contributed by atoms with Gasteiger partial charge >= 0.3 is 6.61 Å². The summed E-state index contributed by atoms with van der Waals surface area (Å²) < 4.78 is 55.2. The van der Waals surface area contributed by atoms with Gasteiger partial charge in [-0.25, -0.2) is 13.1 Å². The van der Waals surface area contributed by atoms with Crippen LogP contribution in [-0.2, 0) is 10.0 Å². The Labute approximate surface area is 125 Å². The molecule has 1 saturated carbocycles. The molecule has 0 amide bonds. The summed E-state index contributed by atoms with van der Waals surface area (Å²) in [6.45, 7) is -3.34. The number of aliphatic hydroxyl groups excluding tert-OH is 1. The van der Waals surface area contributed by atoms with Gasteiger partial charge < -0.3 is 9.84 Å². The zero-order valence-electron chi connectivity index (χ0n) is 10.9. The second kappa shape index (κ2) is 6.04. The van der Waals surface area contributed by atoms with Gasteiger partial charge in [0.05, 0.1) is 22.1 Å². The molecule has 0 radical (unpaired) electrons. The van der Waals surface area contributed by atoms with Crippen molar-refractivity contribution in [2.75, 3.05) is 6.61 Å². The van der Waals surface area contributed by atoms with Gasteiger partial charge in [-0.05, 0) is 37.5 Å². The van der Waals surface area contributed by atoms with E-state index in [0.717, 1.165) is 24.6 Å². The summed E-state index contributed by atoms with van der Waals surface area (Å²) in [4.78, 5) is -0.172. The van der Waals surface area contributed by atoms with Crippen LogP contribution in [0.2, 0.25) is 5.02 Å². The molecule has 1 aliphatic carbocycles. The van der Waals surface area contributed by atoms with Crippen molar-refractivity contribution in [3.63, 3.8) is 0 Å². The SMILES string of the molecule is O=S(=O)(NC1(CO)CCC1)c1ccc(OC(F)F)c(Cl)c1. The Morgan fingerprint density at radius 1 is 1.43 bits per heavy atom. The normalized spacial score (nSPS) is 17.6. The quantitative estimate of drug-likeness (QED) is 0.831. The maximum absolute atomic E-state index is 12.2. The molecule has 0 spiro atoms. The Bertz CT molecular complexity index is 614. The fraction of sp³-hybridized carbons (Fsp3) is 0.500. The first-order valence-corrected chi connectivity index (χ1v) is 8.03. The summed E-state index contributed by atoms with van der Waals surface area (Å²) in [7, 11) is -3.90. The number of aliphatic hydroxyl groups is 1. The molecule has 9 heteroatoms. The van der Waals surface area contributed by atoms with E-state index in [1.807, 2.05) is 0 Å². The third kappa shape index (κ3) is 3.63. The Hall–Kier alpha value is -0.960. The van der Waals surface area contributed by atoms with Crippen LogP contribution < -0.4 is 9.46 Å².